The van der Waals surface area contributed by atoms with Crippen molar-refractivity contribution in [2.75, 3.05) is 16.8 Å². The van der Waals surface area contributed by atoms with Crippen molar-refractivity contribution in [3.8, 4) is 0 Å². The van der Waals surface area contributed by atoms with E-state index in [1.165, 1.54) is 9.47 Å². The second-order valence-corrected chi connectivity index (χ2v) is 12.8. The van der Waals surface area contributed by atoms with Gasteiger partial charge in [-0.3, -0.25) is 28.7 Å². The van der Waals surface area contributed by atoms with Crippen LogP contribution >= 0.6 is 39.0 Å². The first-order chi connectivity index (χ1) is 20.8. The number of ether oxygens (including phenoxy) is 1. The summed E-state index contributed by atoms with van der Waals surface area (Å²) in [4.78, 5) is 71.7. The maximum Gasteiger partial charge on any atom is 0.338 e. The van der Waals surface area contributed by atoms with Gasteiger partial charge in [0.25, 0.3) is 0 Å². The molecule has 43 heavy (non-hydrogen) atoms. The number of aromatic nitrogens is 2. The van der Waals surface area contributed by atoms with Crippen molar-refractivity contribution >= 4 is 74.1 Å². The number of thioether (sulfide) groups is 1. The molecule has 1 N–H and O–H groups in total. The van der Waals surface area contributed by atoms with Crippen LogP contribution in [0.4, 0.5) is 11.4 Å². The summed E-state index contributed by atoms with van der Waals surface area (Å²) in [7, 11) is 0. The topological polar surface area (TPSA) is 128 Å². The number of imide groups is 1. The van der Waals surface area contributed by atoms with Crippen LogP contribution in [0.3, 0.4) is 0 Å². The molecule has 2 aliphatic rings. The van der Waals surface area contributed by atoms with Gasteiger partial charge in [0.1, 0.15) is 11.8 Å². The Bertz CT molecular complexity index is 1790. The SMILES string of the molecule is CCOC(=O)c1ccc(NC(=O)Cn2c3c(sc2=O)[C@@H](c2cccnc2)C2C(=O)N(c4ccc(Br)cc4)C(=O)C2S3)cc1. The van der Waals surface area contributed by atoms with Gasteiger partial charge >= 0.3 is 10.8 Å². The van der Waals surface area contributed by atoms with Gasteiger partial charge in [-0.15, -0.1) is 0 Å². The summed E-state index contributed by atoms with van der Waals surface area (Å²) in [6.45, 7) is 1.67. The van der Waals surface area contributed by atoms with Gasteiger partial charge in [0, 0.05) is 33.3 Å². The van der Waals surface area contributed by atoms with Crippen molar-refractivity contribution in [2.45, 2.75) is 29.7 Å². The number of thiazole rings is 1. The van der Waals surface area contributed by atoms with Crippen LogP contribution in [-0.2, 0) is 25.7 Å². The zero-order chi connectivity index (χ0) is 30.2. The third kappa shape index (κ3) is 5.43. The van der Waals surface area contributed by atoms with E-state index in [2.05, 4.69) is 26.2 Å². The molecule has 218 valence electrons. The fraction of sp³-hybridized carbons (Fsp3) is 0.200. The third-order valence-corrected chi connectivity index (χ3v) is 10.3. The first-order valence-corrected chi connectivity index (χ1v) is 15.8. The standard InChI is InChI=1S/C30H23BrN4O6S2/c1-2-41-29(39)16-5-9-19(10-6-16)33-21(36)15-34-28-25(43-30(34)40)22(17-4-3-13-32-14-17)23-24(42-28)27(38)35(26(23)37)20-11-7-18(31)8-12-20/h3-14,22-24H,2,15H2,1H3,(H,33,36)/t22-,23?,24?/m0/s1. The van der Waals surface area contributed by atoms with Crippen LogP contribution in [-0.4, -0.2) is 45.1 Å². The Morgan fingerprint density at radius 2 is 1.77 bits per heavy atom. The average Bonchev–Trinajstić information content (AvgIpc) is 3.44. The van der Waals surface area contributed by atoms with E-state index in [-0.39, 0.29) is 29.8 Å². The second-order valence-electron chi connectivity index (χ2n) is 9.79. The highest BCUT2D eigenvalue weighted by molar-refractivity contribution is 9.10. The molecule has 0 radical (unpaired) electrons. The van der Waals surface area contributed by atoms with Gasteiger partial charge in [0.15, 0.2) is 0 Å². The molecule has 2 aromatic carbocycles. The molecule has 0 aliphatic carbocycles. The van der Waals surface area contributed by atoms with Crippen molar-refractivity contribution in [1.29, 1.82) is 0 Å². The highest BCUT2D eigenvalue weighted by atomic mass is 79.9. The molecule has 0 bridgehead atoms. The van der Waals surface area contributed by atoms with E-state index >= 15 is 0 Å². The minimum absolute atomic E-state index is 0.250. The molecule has 4 heterocycles. The number of esters is 1. The van der Waals surface area contributed by atoms with E-state index in [0.717, 1.165) is 27.6 Å². The largest absolute Gasteiger partial charge is 0.462 e. The lowest BCUT2D eigenvalue weighted by molar-refractivity contribution is -0.122. The van der Waals surface area contributed by atoms with Gasteiger partial charge in [-0.2, -0.15) is 0 Å². The first-order valence-electron chi connectivity index (χ1n) is 13.3. The lowest BCUT2D eigenvalue weighted by Crippen LogP contribution is -2.33. The van der Waals surface area contributed by atoms with Crippen molar-refractivity contribution in [3.63, 3.8) is 0 Å². The Kier molecular flexibility index (Phi) is 8.03. The fourth-order valence-corrected chi connectivity index (χ4v) is 8.30. The van der Waals surface area contributed by atoms with Crippen LogP contribution in [0.1, 0.15) is 33.6 Å². The van der Waals surface area contributed by atoms with E-state index in [4.69, 9.17) is 4.74 Å². The van der Waals surface area contributed by atoms with Gasteiger partial charge in [-0.05, 0) is 67.1 Å². The average molecular weight is 680 g/mol. The number of rotatable bonds is 7. The summed E-state index contributed by atoms with van der Waals surface area (Å²) in [5.74, 6) is -2.99. The predicted octanol–water partition coefficient (Wildman–Crippen LogP) is 4.68. The van der Waals surface area contributed by atoms with E-state index in [9.17, 15) is 24.0 Å². The number of carbonyl (C=O) groups excluding carboxylic acids is 4. The van der Waals surface area contributed by atoms with Gasteiger partial charge < -0.3 is 10.1 Å². The maximum atomic E-state index is 13.9. The number of amides is 3. The van der Waals surface area contributed by atoms with Crippen LogP contribution in [0.25, 0.3) is 0 Å². The molecule has 13 heteroatoms. The van der Waals surface area contributed by atoms with Crippen molar-refractivity contribution < 1.29 is 23.9 Å². The molecular weight excluding hydrogens is 656 g/mol. The van der Waals surface area contributed by atoms with E-state index in [1.54, 1.807) is 73.9 Å². The molecule has 3 amide bonds. The zero-order valence-electron chi connectivity index (χ0n) is 22.6. The van der Waals surface area contributed by atoms with Gasteiger partial charge in [0.05, 0.1) is 28.8 Å². The summed E-state index contributed by atoms with van der Waals surface area (Å²) in [5, 5.41) is 2.44. The molecule has 1 fully saturated rings. The number of halogens is 1. The number of carbonyl (C=O) groups is 4. The van der Waals surface area contributed by atoms with Crippen LogP contribution in [0, 0.1) is 5.92 Å². The number of hydrogen-bond donors (Lipinski definition) is 1. The van der Waals surface area contributed by atoms with E-state index in [1.807, 2.05) is 6.07 Å². The van der Waals surface area contributed by atoms with Gasteiger partial charge in [-0.1, -0.05) is 45.1 Å². The predicted molar refractivity (Wildman–Crippen MR) is 165 cm³/mol. The monoisotopic (exact) mass is 678 g/mol. The minimum atomic E-state index is -0.799. The molecule has 2 aliphatic heterocycles. The Labute approximate surface area is 262 Å². The first kappa shape index (κ1) is 29.0. The highest BCUT2D eigenvalue weighted by Gasteiger charge is 2.56. The van der Waals surface area contributed by atoms with Gasteiger partial charge in [-0.25, -0.2) is 9.69 Å². The van der Waals surface area contributed by atoms with Crippen molar-refractivity contribution in [3.05, 3.63) is 103 Å². The summed E-state index contributed by atoms with van der Waals surface area (Å²) >= 11 is 5.50. The van der Waals surface area contributed by atoms with Crippen LogP contribution < -0.4 is 15.1 Å². The van der Waals surface area contributed by atoms with Crippen molar-refractivity contribution in [1.82, 2.24) is 9.55 Å². The Morgan fingerprint density at radius 1 is 1.02 bits per heavy atom. The molecule has 0 spiro atoms. The lowest BCUT2D eigenvalue weighted by Gasteiger charge is -2.30. The molecule has 2 aromatic heterocycles. The number of fused-ring (bicyclic) bond motifs is 2. The molecule has 1 saturated heterocycles. The summed E-state index contributed by atoms with van der Waals surface area (Å²) < 4.78 is 7.16. The number of anilines is 2. The molecule has 4 aromatic rings. The second kappa shape index (κ2) is 11.9. The van der Waals surface area contributed by atoms with E-state index in [0.29, 0.717) is 32.4 Å². The summed E-state index contributed by atoms with van der Waals surface area (Å²) in [6, 6.07) is 16.8. The fourth-order valence-electron chi connectivity index (χ4n) is 5.27. The Hall–Kier alpha value is -4.07. The number of nitrogens with one attached hydrogen (secondary N) is 1. The Balaban J connectivity index is 1.32. The summed E-state index contributed by atoms with van der Waals surface area (Å²) in [6.07, 6.45) is 3.26. The molecule has 6 rings (SSSR count). The number of benzene rings is 2. The van der Waals surface area contributed by atoms with Crippen LogP contribution in [0.2, 0.25) is 0 Å². The number of hydrogen-bond acceptors (Lipinski definition) is 9. The lowest BCUT2D eigenvalue weighted by atomic mass is 9.84. The zero-order valence-corrected chi connectivity index (χ0v) is 25.8. The quantitative estimate of drug-likeness (QED) is 0.221. The van der Waals surface area contributed by atoms with Gasteiger partial charge in [0.2, 0.25) is 17.7 Å². The highest BCUT2D eigenvalue weighted by Crippen LogP contribution is 2.53. The molecular formula is C30H23BrN4O6S2. The van der Waals surface area contributed by atoms with Crippen molar-refractivity contribution in [2.24, 2.45) is 5.92 Å². The molecule has 10 nitrogen and oxygen atoms in total. The summed E-state index contributed by atoms with van der Waals surface area (Å²) in [5.41, 5.74) is 1.96. The molecule has 2 unspecified atom stereocenters. The van der Waals surface area contributed by atoms with Crippen LogP contribution in [0.15, 0.2) is 87.4 Å². The maximum absolute atomic E-state index is 13.9. The molecule has 0 saturated carbocycles. The third-order valence-electron chi connectivity index (χ3n) is 7.16. The number of nitrogens with zero attached hydrogens (tertiary/aromatic N) is 3. The number of pyridine rings is 1. The van der Waals surface area contributed by atoms with Crippen LogP contribution in [0.5, 0.6) is 0 Å². The van der Waals surface area contributed by atoms with E-state index < -0.39 is 29.0 Å². The smallest absolute Gasteiger partial charge is 0.338 e. The molecule has 3 atom stereocenters. The normalized spacial score (nSPS) is 19.1. The minimum Gasteiger partial charge on any atom is -0.462 e. The Morgan fingerprint density at radius 3 is 2.44 bits per heavy atom.